The van der Waals surface area contributed by atoms with Gasteiger partial charge >= 0.3 is 0 Å². The molecule has 54 heavy (non-hydrogen) atoms. The van der Waals surface area contributed by atoms with Crippen LogP contribution < -0.4 is 15.4 Å². The maximum Gasteiger partial charge on any atom is 0.154 e. The minimum atomic E-state index is -0.230. The Hall–Kier alpha value is -1.94. The van der Waals surface area contributed by atoms with E-state index in [1.807, 2.05) is 32.0 Å². The number of anilines is 2. The molecule has 0 spiro atoms. The number of hydrogen-bond donors (Lipinski definition) is 1. The Labute approximate surface area is 323 Å². The van der Waals surface area contributed by atoms with Crippen LogP contribution in [0.2, 0.25) is 0 Å². The first-order chi connectivity index (χ1) is 26.5. The molecule has 2 atom stereocenters. The Kier molecular flexibility index (Phi) is 35.2. The third-order valence-electron chi connectivity index (χ3n) is 7.39. The normalized spacial score (nSPS) is 12.7. The molecule has 1 aromatic carbocycles. The topological polar surface area (TPSA) is 168 Å². The average Bonchev–Trinajstić information content (AvgIpc) is 3.18. The van der Waals surface area contributed by atoms with Crippen LogP contribution in [0.5, 0.6) is 5.75 Å². The minimum absolute atomic E-state index is 0.230. The molecule has 0 saturated carbocycles. The molecule has 2 unspecified atom stereocenters. The van der Waals surface area contributed by atoms with Crippen LogP contribution in [-0.2, 0) is 66.3 Å². The van der Waals surface area contributed by atoms with E-state index in [0.717, 1.165) is 5.69 Å². The van der Waals surface area contributed by atoms with Gasteiger partial charge in [0.05, 0.1) is 158 Å². The van der Waals surface area contributed by atoms with Crippen molar-refractivity contribution in [2.24, 2.45) is 0 Å². The molecular formula is C37H70N2O15. The zero-order valence-corrected chi connectivity index (χ0v) is 33.5. The molecule has 0 fully saturated rings. The highest BCUT2D eigenvalue weighted by Gasteiger charge is 2.10. The number of nitrogen functional groups attached to an aromatic ring is 1. The zero-order valence-electron chi connectivity index (χ0n) is 33.5. The molecule has 17 nitrogen and oxygen atoms in total. The highest BCUT2D eigenvalue weighted by atomic mass is 16.7. The summed E-state index contributed by atoms with van der Waals surface area (Å²) >= 11 is 0. The lowest BCUT2D eigenvalue weighted by atomic mass is 10.2. The predicted octanol–water partition coefficient (Wildman–Crippen LogP) is 2.27. The highest BCUT2D eigenvalue weighted by Crippen LogP contribution is 2.27. The van der Waals surface area contributed by atoms with Crippen molar-refractivity contribution < 1.29 is 71.1 Å². The molecule has 318 valence electrons. The van der Waals surface area contributed by atoms with Gasteiger partial charge in [0.15, 0.2) is 12.6 Å². The van der Waals surface area contributed by atoms with E-state index < -0.39 is 0 Å². The van der Waals surface area contributed by atoms with Crippen molar-refractivity contribution >= 4 is 11.4 Å². The van der Waals surface area contributed by atoms with Crippen molar-refractivity contribution in [1.29, 1.82) is 0 Å². The molecule has 0 aromatic heterocycles. The molecule has 0 saturated heterocycles. The lowest BCUT2D eigenvalue weighted by Crippen LogP contribution is -2.31. The van der Waals surface area contributed by atoms with Crippen molar-refractivity contribution in [3.63, 3.8) is 0 Å². The molecule has 0 bridgehead atoms. The summed E-state index contributed by atoms with van der Waals surface area (Å²) in [5, 5.41) is 0. The summed E-state index contributed by atoms with van der Waals surface area (Å²) in [5.74, 6) is 0.621. The van der Waals surface area contributed by atoms with Gasteiger partial charge in [-0.15, -0.1) is 0 Å². The van der Waals surface area contributed by atoms with E-state index in [4.69, 9.17) is 76.8 Å². The smallest absolute Gasteiger partial charge is 0.154 e. The number of ether oxygens (including phenoxy) is 15. The van der Waals surface area contributed by atoms with Gasteiger partial charge in [0.25, 0.3) is 0 Å². The van der Waals surface area contributed by atoms with Crippen LogP contribution in [0.1, 0.15) is 13.8 Å². The third-order valence-corrected chi connectivity index (χ3v) is 7.39. The van der Waals surface area contributed by atoms with Crippen molar-refractivity contribution in [2.45, 2.75) is 26.4 Å². The Balaban J connectivity index is 2.05. The fourth-order valence-corrected chi connectivity index (χ4v) is 4.26. The first kappa shape index (κ1) is 50.1. The molecule has 0 aliphatic rings. The highest BCUT2D eigenvalue weighted by molar-refractivity contribution is 5.62. The van der Waals surface area contributed by atoms with Crippen LogP contribution >= 0.6 is 0 Å². The van der Waals surface area contributed by atoms with E-state index >= 15 is 0 Å². The van der Waals surface area contributed by atoms with Crippen LogP contribution in [-0.4, -0.2) is 192 Å². The van der Waals surface area contributed by atoms with Gasteiger partial charge in [-0.25, -0.2) is 0 Å². The van der Waals surface area contributed by atoms with E-state index in [1.165, 1.54) is 0 Å². The molecule has 0 radical (unpaired) electrons. The molecule has 0 aliphatic carbocycles. The quantitative estimate of drug-likeness (QED) is 0.0582. The molecule has 17 heteroatoms. The third kappa shape index (κ3) is 30.3. The Bertz CT molecular complexity index is 893. The van der Waals surface area contributed by atoms with Crippen molar-refractivity contribution in [3.8, 4) is 5.75 Å². The van der Waals surface area contributed by atoms with Gasteiger partial charge in [0.2, 0.25) is 0 Å². The van der Waals surface area contributed by atoms with Crippen LogP contribution in [0.15, 0.2) is 18.2 Å². The Morgan fingerprint density at radius 2 is 0.741 bits per heavy atom. The van der Waals surface area contributed by atoms with E-state index in [0.29, 0.717) is 170 Å². The summed E-state index contributed by atoms with van der Waals surface area (Å²) in [6.45, 7) is 15.8. The van der Waals surface area contributed by atoms with E-state index in [1.54, 1.807) is 21.3 Å². The molecule has 1 rings (SSSR count). The lowest BCUT2D eigenvalue weighted by Gasteiger charge is -2.25. The maximum atomic E-state index is 6.04. The van der Waals surface area contributed by atoms with Crippen molar-refractivity contribution in [2.75, 3.05) is 190 Å². The maximum absolute atomic E-state index is 6.04. The second-order valence-corrected chi connectivity index (χ2v) is 11.4. The number of hydrogen-bond acceptors (Lipinski definition) is 17. The van der Waals surface area contributed by atoms with Gasteiger partial charge < -0.3 is 81.7 Å². The fourth-order valence-electron chi connectivity index (χ4n) is 4.26. The largest absolute Gasteiger partial charge is 0.495 e. The van der Waals surface area contributed by atoms with E-state index in [-0.39, 0.29) is 12.6 Å². The molecule has 2 N–H and O–H groups in total. The average molecular weight is 783 g/mol. The van der Waals surface area contributed by atoms with E-state index in [9.17, 15) is 0 Å². The zero-order chi connectivity index (χ0) is 39.2. The van der Waals surface area contributed by atoms with Crippen LogP contribution in [0.3, 0.4) is 0 Å². The molecule has 0 heterocycles. The fraction of sp³-hybridized carbons (Fsp3) is 0.838. The molecule has 1 aromatic rings. The molecule has 0 aliphatic heterocycles. The minimum Gasteiger partial charge on any atom is -0.495 e. The summed E-state index contributed by atoms with van der Waals surface area (Å²) < 4.78 is 81.9. The van der Waals surface area contributed by atoms with Gasteiger partial charge in [-0.3, -0.25) is 0 Å². The summed E-state index contributed by atoms with van der Waals surface area (Å²) in [5.41, 5.74) is 7.58. The molecular weight excluding hydrogens is 712 g/mol. The van der Waals surface area contributed by atoms with Crippen molar-refractivity contribution in [3.05, 3.63) is 18.2 Å². The van der Waals surface area contributed by atoms with Gasteiger partial charge in [0, 0.05) is 39.1 Å². The Morgan fingerprint density at radius 1 is 0.444 bits per heavy atom. The summed E-state index contributed by atoms with van der Waals surface area (Å²) in [6.07, 6.45) is -0.459. The van der Waals surface area contributed by atoms with Crippen LogP contribution in [0, 0.1) is 0 Å². The summed E-state index contributed by atoms with van der Waals surface area (Å²) in [6, 6.07) is 5.72. The standard InChI is InChI=1S/C37H70N2O15/c1-33(40-3)53-30-28-51-26-24-49-22-20-47-18-16-45-14-12-43-10-8-39(35-6-7-36(38)37(32-35)42-5)9-11-44-13-15-46-17-19-48-21-23-50-25-27-52-29-31-54-34(2)41-4/h6-7,32-34H,8-31,38H2,1-5H3. The number of rotatable bonds is 42. The SMILES string of the molecule is COc1cc(N(CCOCCOCCOCCOCCOCCOC(C)OC)CCOCCOCCOCCOCCOCCOC(C)OC)ccc1N. The van der Waals surface area contributed by atoms with Crippen molar-refractivity contribution in [1.82, 2.24) is 0 Å². The first-order valence-corrected chi connectivity index (χ1v) is 18.8. The predicted molar refractivity (Wildman–Crippen MR) is 203 cm³/mol. The van der Waals surface area contributed by atoms with E-state index in [2.05, 4.69) is 4.90 Å². The van der Waals surface area contributed by atoms with Crippen LogP contribution in [0.25, 0.3) is 0 Å². The summed E-state index contributed by atoms with van der Waals surface area (Å²) in [4.78, 5) is 2.17. The Morgan fingerprint density at radius 3 is 1.04 bits per heavy atom. The van der Waals surface area contributed by atoms with Gasteiger partial charge in [-0.1, -0.05) is 0 Å². The first-order valence-electron chi connectivity index (χ1n) is 18.8. The monoisotopic (exact) mass is 782 g/mol. The molecule has 0 amide bonds. The van der Waals surface area contributed by atoms with Gasteiger partial charge in [0.1, 0.15) is 5.75 Å². The second-order valence-electron chi connectivity index (χ2n) is 11.4. The summed E-state index contributed by atoms with van der Waals surface area (Å²) in [7, 11) is 4.80. The lowest BCUT2D eigenvalue weighted by molar-refractivity contribution is -0.123. The van der Waals surface area contributed by atoms with Crippen LogP contribution in [0.4, 0.5) is 11.4 Å². The van der Waals surface area contributed by atoms with Gasteiger partial charge in [-0.05, 0) is 26.0 Å². The number of methoxy groups -OCH3 is 3. The number of nitrogens with zero attached hydrogens (tertiary/aromatic N) is 1. The number of nitrogens with two attached hydrogens (primary N) is 1. The van der Waals surface area contributed by atoms with Gasteiger partial charge in [-0.2, -0.15) is 0 Å². The number of benzene rings is 1. The second kappa shape index (κ2) is 38.0.